The predicted octanol–water partition coefficient (Wildman–Crippen LogP) is 1.86. The van der Waals surface area contributed by atoms with E-state index in [1.165, 1.54) is 23.2 Å². The van der Waals surface area contributed by atoms with Crippen LogP contribution in [0.3, 0.4) is 0 Å². The van der Waals surface area contributed by atoms with Crippen LogP contribution in [0.1, 0.15) is 34.5 Å². The van der Waals surface area contributed by atoms with E-state index < -0.39 is 6.10 Å². The molecule has 3 N–H and O–H groups in total. The van der Waals surface area contributed by atoms with Gasteiger partial charge in [-0.1, -0.05) is 24.3 Å². The van der Waals surface area contributed by atoms with Crippen molar-refractivity contribution in [3.05, 3.63) is 53.5 Å². The fraction of sp³-hybridized carbons (Fsp3) is 0.560. The number of anilines is 1. The van der Waals surface area contributed by atoms with E-state index in [0.29, 0.717) is 24.1 Å². The number of aliphatic hydroxyl groups excluding tert-OH is 1. The normalized spacial score (nSPS) is 18.3. The minimum absolute atomic E-state index is 0.193. The van der Waals surface area contributed by atoms with Crippen molar-refractivity contribution in [1.82, 2.24) is 25.1 Å². The molecule has 0 bridgehead atoms. The molecule has 1 unspecified atom stereocenters. The zero-order valence-corrected chi connectivity index (χ0v) is 20.8. The van der Waals surface area contributed by atoms with Gasteiger partial charge in [0.1, 0.15) is 17.8 Å². The van der Waals surface area contributed by atoms with E-state index in [1.807, 2.05) is 11.8 Å². The van der Waals surface area contributed by atoms with Crippen LogP contribution in [0, 0.1) is 0 Å². The smallest absolute Gasteiger partial charge is 0.270 e. The van der Waals surface area contributed by atoms with Gasteiger partial charge in [0.05, 0.1) is 6.10 Å². The molecular weight excluding hydrogens is 448 g/mol. The lowest BCUT2D eigenvalue weighted by atomic mass is 10.00. The molecule has 3 heterocycles. The number of nitrogens with one attached hydrogen (secondary N) is 2. The first kappa shape index (κ1) is 24.9. The number of carbonyl (C=O) groups is 1. The molecule has 184 valence electrons. The Balaban J connectivity index is 1.20. The first-order valence-corrected chi connectivity index (χ1v) is 13.6. The summed E-state index contributed by atoms with van der Waals surface area (Å²) in [6, 6.07) is 10.5. The number of aliphatic hydroxyl groups is 1. The number of nitrogens with zero attached hydrogens (tertiary/aromatic N) is 4. The summed E-state index contributed by atoms with van der Waals surface area (Å²) in [6.07, 6.45) is 6.05. The van der Waals surface area contributed by atoms with E-state index in [2.05, 4.69) is 60.9 Å². The van der Waals surface area contributed by atoms with Crippen LogP contribution in [0.15, 0.2) is 36.7 Å². The van der Waals surface area contributed by atoms with E-state index in [1.54, 1.807) is 6.07 Å². The maximum absolute atomic E-state index is 12.6. The van der Waals surface area contributed by atoms with Gasteiger partial charge in [-0.15, -0.1) is 0 Å². The summed E-state index contributed by atoms with van der Waals surface area (Å²) < 4.78 is 0. The van der Waals surface area contributed by atoms with Crippen LogP contribution in [0.2, 0.25) is 0 Å². The Morgan fingerprint density at radius 1 is 1.18 bits per heavy atom. The predicted molar refractivity (Wildman–Crippen MR) is 137 cm³/mol. The highest BCUT2D eigenvalue weighted by Gasteiger charge is 2.21. The number of likely N-dealkylation sites (tertiary alicyclic amines) is 1. The number of carbonyl (C=O) groups excluding carboxylic acids is 1. The van der Waals surface area contributed by atoms with Gasteiger partial charge in [-0.2, -0.15) is 11.8 Å². The zero-order valence-electron chi connectivity index (χ0n) is 19.9. The van der Waals surface area contributed by atoms with Crippen LogP contribution in [0.25, 0.3) is 0 Å². The Hall–Kier alpha value is -2.20. The van der Waals surface area contributed by atoms with Crippen molar-refractivity contribution >= 4 is 23.5 Å². The minimum Gasteiger partial charge on any atom is -0.390 e. The third-order valence-electron chi connectivity index (χ3n) is 6.63. The van der Waals surface area contributed by atoms with E-state index in [0.717, 1.165) is 52.0 Å². The molecule has 0 aliphatic carbocycles. The SMILES string of the molecule is CSCCN1CCC(Nc2cc(C(=O)NCC(O)CN3CCc4ccccc4C3)ncn2)CC1. The van der Waals surface area contributed by atoms with Crippen LogP contribution in [-0.4, -0.2) is 94.2 Å². The van der Waals surface area contributed by atoms with Crippen molar-refractivity contribution in [1.29, 1.82) is 0 Å². The van der Waals surface area contributed by atoms with Crippen molar-refractivity contribution in [2.24, 2.45) is 0 Å². The molecule has 34 heavy (non-hydrogen) atoms. The number of β-amino-alcohol motifs (C(OH)–C–C–N with tert-alkyl or cyclic N) is 1. The van der Waals surface area contributed by atoms with Crippen molar-refractivity contribution in [2.45, 2.75) is 38.0 Å². The number of hydrogen-bond donors (Lipinski definition) is 3. The van der Waals surface area contributed by atoms with Crippen LogP contribution in [0.5, 0.6) is 0 Å². The van der Waals surface area contributed by atoms with Crippen LogP contribution < -0.4 is 10.6 Å². The molecular formula is C25H36N6O2S. The fourth-order valence-electron chi connectivity index (χ4n) is 4.66. The molecule has 2 aromatic rings. The van der Waals surface area contributed by atoms with E-state index in [4.69, 9.17) is 0 Å². The Morgan fingerprint density at radius 2 is 1.97 bits per heavy atom. The molecule has 1 atom stereocenters. The lowest BCUT2D eigenvalue weighted by Gasteiger charge is -2.32. The second-order valence-corrected chi connectivity index (χ2v) is 10.1. The average molecular weight is 485 g/mol. The van der Waals surface area contributed by atoms with Gasteiger partial charge in [0.15, 0.2) is 0 Å². The van der Waals surface area contributed by atoms with E-state index >= 15 is 0 Å². The summed E-state index contributed by atoms with van der Waals surface area (Å²) in [5, 5.41) is 16.8. The second kappa shape index (κ2) is 12.5. The van der Waals surface area contributed by atoms with E-state index in [9.17, 15) is 9.90 Å². The Bertz CT molecular complexity index is 937. The molecule has 9 heteroatoms. The molecule has 1 aromatic carbocycles. The zero-order chi connectivity index (χ0) is 23.8. The molecule has 0 radical (unpaired) electrons. The van der Waals surface area contributed by atoms with Gasteiger partial charge in [-0.05, 0) is 36.6 Å². The number of benzene rings is 1. The maximum Gasteiger partial charge on any atom is 0.270 e. The molecule has 0 spiro atoms. The highest BCUT2D eigenvalue weighted by molar-refractivity contribution is 7.98. The highest BCUT2D eigenvalue weighted by Crippen LogP contribution is 2.19. The summed E-state index contributed by atoms with van der Waals surface area (Å²) in [5.41, 5.74) is 3.02. The topological polar surface area (TPSA) is 93.6 Å². The summed E-state index contributed by atoms with van der Waals surface area (Å²) in [4.78, 5) is 25.8. The average Bonchev–Trinajstić information content (AvgIpc) is 2.87. The first-order valence-electron chi connectivity index (χ1n) is 12.2. The number of amides is 1. The van der Waals surface area contributed by atoms with Crippen LogP contribution >= 0.6 is 11.8 Å². The van der Waals surface area contributed by atoms with E-state index in [-0.39, 0.29) is 12.5 Å². The monoisotopic (exact) mass is 484 g/mol. The van der Waals surface area contributed by atoms with Gasteiger partial charge in [-0.3, -0.25) is 9.69 Å². The number of thioether (sulfide) groups is 1. The Morgan fingerprint density at radius 3 is 2.76 bits per heavy atom. The quantitative estimate of drug-likeness (QED) is 0.471. The Labute approximate surface area is 206 Å². The van der Waals surface area contributed by atoms with Crippen molar-refractivity contribution in [2.75, 3.05) is 56.6 Å². The number of aromatic nitrogens is 2. The molecule has 1 fully saturated rings. The van der Waals surface area contributed by atoms with Gasteiger partial charge in [0.2, 0.25) is 0 Å². The molecule has 2 aliphatic heterocycles. The summed E-state index contributed by atoms with van der Waals surface area (Å²) in [7, 11) is 0. The summed E-state index contributed by atoms with van der Waals surface area (Å²) in [6.45, 7) is 5.77. The Kier molecular flexibility index (Phi) is 9.15. The van der Waals surface area contributed by atoms with Crippen molar-refractivity contribution < 1.29 is 9.90 Å². The van der Waals surface area contributed by atoms with Crippen LogP contribution in [0.4, 0.5) is 5.82 Å². The van der Waals surface area contributed by atoms with Gasteiger partial charge >= 0.3 is 0 Å². The second-order valence-electron chi connectivity index (χ2n) is 9.16. The van der Waals surface area contributed by atoms with Crippen molar-refractivity contribution in [3.8, 4) is 0 Å². The molecule has 2 aliphatic rings. The first-order chi connectivity index (χ1) is 16.6. The summed E-state index contributed by atoms with van der Waals surface area (Å²) in [5.74, 6) is 1.55. The lowest BCUT2D eigenvalue weighted by molar-refractivity contribution is 0.0838. The molecule has 1 aromatic heterocycles. The largest absolute Gasteiger partial charge is 0.390 e. The molecule has 8 nitrogen and oxygen atoms in total. The van der Waals surface area contributed by atoms with Gasteiger partial charge < -0.3 is 20.6 Å². The third-order valence-corrected chi connectivity index (χ3v) is 7.22. The lowest BCUT2D eigenvalue weighted by Crippen LogP contribution is -2.42. The highest BCUT2D eigenvalue weighted by atomic mass is 32.2. The third kappa shape index (κ3) is 7.15. The van der Waals surface area contributed by atoms with Gasteiger partial charge in [0, 0.05) is 63.7 Å². The van der Waals surface area contributed by atoms with Gasteiger partial charge in [0.25, 0.3) is 5.91 Å². The minimum atomic E-state index is -0.634. The number of fused-ring (bicyclic) bond motifs is 1. The summed E-state index contributed by atoms with van der Waals surface area (Å²) >= 11 is 1.88. The molecule has 1 amide bonds. The van der Waals surface area contributed by atoms with Gasteiger partial charge in [-0.25, -0.2) is 9.97 Å². The maximum atomic E-state index is 12.6. The number of rotatable bonds is 10. The number of hydrogen-bond acceptors (Lipinski definition) is 8. The van der Waals surface area contributed by atoms with Crippen molar-refractivity contribution in [3.63, 3.8) is 0 Å². The molecule has 0 saturated carbocycles. The molecule has 1 saturated heterocycles. The standard InChI is InChI=1S/C25H36N6O2S/c1-34-13-12-30-10-7-21(8-11-30)29-24-14-23(27-18-28-24)25(33)26-15-22(32)17-31-9-6-19-4-2-3-5-20(19)16-31/h2-5,14,18,21-22,32H,6-13,15-17H2,1H3,(H,26,33)(H,27,28,29). The molecule has 4 rings (SSSR count). The fourth-order valence-corrected chi connectivity index (χ4v) is 5.11. The van der Waals surface area contributed by atoms with Crippen LogP contribution in [-0.2, 0) is 13.0 Å². The number of piperidine rings is 1.